The molecule has 76 heavy (non-hydrogen) atoms. The number of allylic oxidation sites excluding steroid dienone is 4. The molecule has 0 aliphatic rings. The van der Waals surface area contributed by atoms with Crippen LogP contribution in [0.3, 0.4) is 0 Å². The van der Waals surface area contributed by atoms with Crippen molar-refractivity contribution in [3.63, 3.8) is 0 Å². The molecule has 9 aromatic carbocycles. The summed E-state index contributed by atoms with van der Waals surface area (Å²) >= 11 is 4.79. The third-order valence-electron chi connectivity index (χ3n) is 10.9. The molecule has 0 aliphatic carbocycles. The van der Waals surface area contributed by atoms with E-state index >= 15 is 0 Å². The maximum Gasteiger partial charge on any atom is 4.00 e. The van der Waals surface area contributed by atoms with E-state index in [9.17, 15) is 22.1 Å². The molecule has 0 aliphatic heterocycles. The first kappa shape index (κ1) is 62.3. The Labute approximate surface area is 473 Å². The van der Waals surface area contributed by atoms with E-state index in [4.69, 9.17) is 23.5 Å². The normalized spacial score (nSPS) is 10.9. The Kier molecular flexibility index (Phi) is 27.1. The number of benzene rings is 9. The molecule has 0 aromatic heterocycles. The molecular formula is C63H51BClF4O2OsP3S. The third kappa shape index (κ3) is 18.5. The van der Waals surface area contributed by atoms with E-state index in [1.54, 1.807) is 6.08 Å². The molecule has 0 N–H and O–H groups in total. The second kappa shape index (κ2) is 33.0. The van der Waals surface area contributed by atoms with Crippen molar-refractivity contribution < 1.29 is 59.0 Å². The Bertz CT molecular complexity index is 2730. The minimum absolute atomic E-state index is 0. The summed E-state index contributed by atoms with van der Waals surface area (Å²) in [6.07, 6.45) is 6.18. The molecule has 0 radical (unpaired) electrons. The van der Waals surface area contributed by atoms with Gasteiger partial charge in [0.1, 0.15) is 0 Å². The summed E-state index contributed by atoms with van der Waals surface area (Å²) in [5, 5.41) is 14.8. The van der Waals surface area contributed by atoms with Gasteiger partial charge in [-0.1, -0.05) is 237 Å². The number of hydrogen-bond acceptors (Lipinski definition) is 3. The van der Waals surface area contributed by atoms with E-state index in [2.05, 4.69) is 230 Å². The SMILES string of the molecule is F[B-](F)(F)F.[CH-]=C(C=[C-]/C=C(\[C-]=S)C(=O)OC)[P+](c1ccccc1)(c1ccccc1)c1ccccc1.[Cl-].[Os+4].c1ccc(P(c2ccccc2)c2ccccc2)cc1.c1ccc(P(c2ccccc2)c2ccccc2)cc1. The Morgan fingerprint density at radius 2 is 0.684 bits per heavy atom. The summed E-state index contributed by atoms with van der Waals surface area (Å²) in [7, 11) is -7.96. The zero-order chi connectivity index (χ0) is 52.4. The van der Waals surface area contributed by atoms with Crippen LogP contribution in [0.1, 0.15) is 0 Å². The molecule has 0 amide bonds. The fraction of sp³-hybridized carbons (Fsp3) is 0.0159. The Morgan fingerprint density at radius 3 is 0.882 bits per heavy atom. The van der Waals surface area contributed by atoms with E-state index in [-0.39, 0.29) is 37.8 Å². The van der Waals surface area contributed by atoms with Gasteiger partial charge in [-0.3, -0.25) is 12.2 Å². The second-order valence-electron chi connectivity index (χ2n) is 15.7. The predicted molar refractivity (Wildman–Crippen MR) is 314 cm³/mol. The monoisotopic (exact) mass is 1280 g/mol. The van der Waals surface area contributed by atoms with Gasteiger partial charge in [-0.25, -0.2) is 5.57 Å². The largest absolute Gasteiger partial charge is 4.00 e. The molecule has 382 valence electrons. The number of halogens is 5. The summed E-state index contributed by atoms with van der Waals surface area (Å²) in [6.45, 7) is 6.84. The fourth-order valence-electron chi connectivity index (χ4n) is 7.75. The first-order valence-corrected chi connectivity index (χ1v) is 28.1. The van der Waals surface area contributed by atoms with Gasteiger partial charge >= 0.3 is 27.0 Å². The first-order chi connectivity index (χ1) is 36.0. The summed E-state index contributed by atoms with van der Waals surface area (Å²) < 4.78 is 43.7. The van der Waals surface area contributed by atoms with Crippen LogP contribution in [0.25, 0.3) is 0 Å². The predicted octanol–water partition coefficient (Wildman–Crippen LogP) is 9.82. The fourth-order valence-corrected chi connectivity index (χ4v) is 16.4. The quantitative estimate of drug-likeness (QED) is 0.0159. The molecule has 0 heterocycles. The Balaban J connectivity index is 0.000000241. The second-order valence-corrected chi connectivity index (χ2v) is 23.8. The van der Waals surface area contributed by atoms with E-state index in [0.29, 0.717) is 5.31 Å². The number of esters is 1. The van der Waals surface area contributed by atoms with Crippen LogP contribution in [-0.2, 0) is 29.3 Å². The standard InChI is InChI=1S/C27H21O2PS.2C18H15P.BF4.ClH.Os/c1-22(13-12-14-23(21-31)27(28)29-2)30(24-15-6-3-7-16-24,25-17-8-4-9-18-25)26-19-10-5-11-20-26;2*1-4-10-16(11-5-1)19(17-12-6-2-7-13-17)18-14-8-3-9-15-18;2-1(3,4)5;;/h1,3-11,13-20H,2H3;2*1-15H;;1H;/q-2;;;-1;;+4/p-1/b23-14+;;;;;. The number of hydrogen-bond donors (Lipinski definition) is 0. The molecule has 0 spiro atoms. The Morgan fingerprint density at radius 1 is 0.474 bits per heavy atom. The first-order valence-electron chi connectivity index (χ1n) is 23.3. The minimum atomic E-state index is -6.00. The van der Waals surface area contributed by atoms with Crippen LogP contribution >= 0.6 is 35.3 Å². The number of carbonyl (C=O) groups excluding carboxylic acids is 1. The van der Waals surface area contributed by atoms with Gasteiger partial charge in [0.15, 0.2) is 5.97 Å². The molecule has 0 saturated carbocycles. The molecule has 0 atom stereocenters. The minimum Gasteiger partial charge on any atom is -1.00 e. The van der Waals surface area contributed by atoms with Crippen molar-refractivity contribution in [3.05, 3.63) is 309 Å². The van der Waals surface area contributed by atoms with Crippen molar-refractivity contribution in [1.82, 2.24) is 0 Å². The number of ether oxygens (including phenoxy) is 1. The van der Waals surface area contributed by atoms with Crippen LogP contribution in [0.5, 0.6) is 0 Å². The van der Waals surface area contributed by atoms with Gasteiger partial charge in [-0.15, -0.1) is 0 Å². The van der Waals surface area contributed by atoms with Gasteiger partial charge < -0.3 is 51.9 Å². The van der Waals surface area contributed by atoms with E-state index in [1.807, 2.05) is 54.6 Å². The zero-order valence-corrected chi connectivity index (χ0v) is 47.9. The van der Waals surface area contributed by atoms with E-state index in [0.717, 1.165) is 15.9 Å². The van der Waals surface area contributed by atoms with Crippen LogP contribution < -0.4 is 60.1 Å². The van der Waals surface area contributed by atoms with Crippen molar-refractivity contribution in [3.8, 4) is 0 Å². The maximum absolute atomic E-state index is 11.8. The summed E-state index contributed by atoms with van der Waals surface area (Å²) in [5.74, 6) is -0.565. The van der Waals surface area contributed by atoms with Crippen molar-refractivity contribution >= 4 is 102 Å². The molecule has 0 fully saturated rings. The van der Waals surface area contributed by atoms with Crippen molar-refractivity contribution in [2.45, 2.75) is 0 Å². The maximum atomic E-state index is 11.8. The number of methoxy groups -OCH3 is 1. The van der Waals surface area contributed by atoms with E-state index < -0.39 is 36.3 Å². The molecule has 9 rings (SSSR count). The van der Waals surface area contributed by atoms with Gasteiger partial charge in [-0.05, 0) is 84.1 Å². The average Bonchev–Trinajstić information content (AvgIpc) is 3.45. The van der Waals surface area contributed by atoms with Crippen molar-refractivity contribution in [2.24, 2.45) is 0 Å². The molecule has 0 unspecified atom stereocenters. The summed E-state index contributed by atoms with van der Waals surface area (Å²) in [5.41, 5.74) is 0.115. The number of rotatable bonds is 14. The van der Waals surface area contributed by atoms with Crippen LogP contribution in [-0.4, -0.2) is 25.7 Å². The van der Waals surface area contributed by atoms with Crippen molar-refractivity contribution in [2.75, 3.05) is 7.11 Å². The van der Waals surface area contributed by atoms with Crippen LogP contribution in [0.4, 0.5) is 17.3 Å². The average molecular weight is 1280 g/mol. The molecule has 2 nitrogen and oxygen atoms in total. The Hall–Kier alpha value is -6.24. The number of thiocarbonyl (C=S) groups is 1. The van der Waals surface area contributed by atoms with Crippen LogP contribution in [0.15, 0.2) is 296 Å². The van der Waals surface area contributed by atoms with Gasteiger partial charge in [0.05, 0.1) is 30.3 Å². The van der Waals surface area contributed by atoms with Crippen LogP contribution in [0.2, 0.25) is 0 Å². The molecule has 13 heteroatoms. The van der Waals surface area contributed by atoms with Gasteiger partial charge in [0, 0.05) is 0 Å². The number of carbonyl (C=O) groups is 1. The van der Waals surface area contributed by atoms with Gasteiger partial charge in [0.2, 0.25) is 0 Å². The summed E-state index contributed by atoms with van der Waals surface area (Å²) in [6, 6.07) is 95.4. The molecular weight excluding hydrogens is 1230 g/mol. The molecule has 0 bridgehead atoms. The molecule has 0 saturated heterocycles. The van der Waals surface area contributed by atoms with Gasteiger partial charge in [-0.2, -0.15) is 22.9 Å². The summed E-state index contributed by atoms with van der Waals surface area (Å²) in [4.78, 5) is 11.8. The van der Waals surface area contributed by atoms with Crippen molar-refractivity contribution in [1.29, 1.82) is 0 Å². The topological polar surface area (TPSA) is 26.3 Å². The third-order valence-corrected chi connectivity index (χ3v) is 20.1. The zero-order valence-electron chi connectivity index (χ0n) is 41.1. The van der Waals surface area contributed by atoms with E-state index in [1.165, 1.54) is 45.0 Å². The molecule has 9 aromatic rings. The van der Waals surface area contributed by atoms with Crippen LogP contribution in [0, 0.1) is 12.7 Å². The smallest absolute Gasteiger partial charge is 1.00 e. The van der Waals surface area contributed by atoms with Gasteiger partial charge in [0.25, 0.3) is 0 Å².